The van der Waals surface area contributed by atoms with E-state index in [-0.39, 0.29) is 24.5 Å². The number of rotatable bonds is 9. The van der Waals surface area contributed by atoms with Crippen LogP contribution in [0.2, 0.25) is 0 Å². The van der Waals surface area contributed by atoms with Gasteiger partial charge in [-0.1, -0.05) is 12.1 Å². The molecule has 4 aromatic rings. The zero-order chi connectivity index (χ0) is 27.4. The number of carboxylic acid groups (broad SMARTS) is 1. The number of pyridine rings is 1. The van der Waals surface area contributed by atoms with Crippen molar-refractivity contribution < 1.29 is 23.8 Å². The van der Waals surface area contributed by atoms with E-state index in [2.05, 4.69) is 24.9 Å². The van der Waals surface area contributed by atoms with Crippen LogP contribution >= 0.6 is 0 Å². The number of allylic oxidation sites excluding steroid dienone is 1. The van der Waals surface area contributed by atoms with Crippen molar-refractivity contribution in [2.75, 3.05) is 6.61 Å². The molecule has 2 N–H and O–H groups in total. The number of aliphatic carboxylic acids is 1. The first-order valence-corrected chi connectivity index (χ1v) is 13.0. The van der Waals surface area contributed by atoms with Gasteiger partial charge in [-0.15, -0.1) is 0 Å². The third kappa shape index (κ3) is 6.39. The summed E-state index contributed by atoms with van der Waals surface area (Å²) in [6.45, 7) is 4.37. The average Bonchev–Trinajstić information content (AvgIpc) is 3.36. The smallest absolute Gasteiger partial charge is 0.316 e. The minimum Gasteiger partial charge on any atom is -0.481 e. The summed E-state index contributed by atoms with van der Waals surface area (Å²) in [6.07, 6.45) is 8.53. The molecule has 0 saturated heterocycles. The second-order valence-corrected chi connectivity index (χ2v) is 9.84. The van der Waals surface area contributed by atoms with Crippen LogP contribution in [0.5, 0.6) is 11.9 Å². The highest BCUT2D eigenvalue weighted by Crippen LogP contribution is 2.30. The Balaban J connectivity index is 1.24. The first-order chi connectivity index (χ1) is 18.9. The number of carboxylic acids is 1. The summed E-state index contributed by atoms with van der Waals surface area (Å²) in [5, 5.41) is 8.97. The normalized spacial score (nSPS) is 17.8. The van der Waals surface area contributed by atoms with Gasteiger partial charge < -0.3 is 19.6 Å². The number of hydrogen-bond acceptors (Lipinski definition) is 7. The Morgan fingerprint density at radius 3 is 2.56 bits per heavy atom. The molecule has 0 unspecified atom stereocenters. The van der Waals surface area contributed by atoms with E-state index in [0.717, 1.165) is 31.3 Å². The Labute approximate surface area is 225 Å². The zero-order valence-electron chi connectivity index (χ0n) is 21.9. The van der Waals surface area contributed by atoms with Crippen LogP contribution < -0.4 is 9.47 Å². The van der Waals surface area contributed by atoms with Crippen LogP contribution in [0.3, 0.4) is 0 Å². The highest BCUT2D eigenvalue weighted by molar-refractivity contribution is 5.77. The molecular weight excluding hydrogens is 501 g/mol. The molecule has 0 atom stereocenters. The van der Waals surface area contributed by atoms with Crippen molar-refractivity contribution in [3.8, 4) is 34.4 Å². The number of hydrogen-bond donors (Lipinski definition) is 2. The van der Waals surface area contributed by atoms with Crippen molar-refractivity contribution in [3.05, 3.63) is 60.2 Å². The SMILES string of the molecule is CC=C(C)COc1ccc2[nH]c(-c3ccc(-c4cnc(OC5CCC(CC(=O)O)CC5)nc4)cc3F)nc2n1. The molecule has 0 radical (unpaired) electrons. The van der Waals surface area contributed by atoms with Gasteiger partial charge in [-0.3, -0.25) is 4.79 Å². The maximum absolute atomic E-state index is 15.2. The van der Waals surface area contributed by atoms with E-state index in [1.807, 2.05) is 26.0 Å². The standard InChI is InChI=1S/C29H30FN5O4/c1-3-17(2)16-38-25-11-10-24-28(34-25)35-27(33-24)22-9-6-19(13-23(22)30)20-14-31-29(32-15-20)39-21-7-4-18(5-8-21)12-26(36)37/h3,6,9-11,13-15,18,21H,4-5,7-8,12,16H2,1-2H3,(H,36,37)(H,33,34,35). The molecule has 10 heteroatoms. The first kappa shape index (κ1) is 26.3. The number of carbonyl (C=O) groups is 1. The number of imidazole rings is 1. The zero-order valence-corrected chi connectivity index (χ0v) is 21.9. The highest BCUT2D eigenvalue weighted by Gasteiger charge is 2.24. The molecule has 0 bridgehead atoms. The second-order valence-electron chi connectivity index (χ2n) is 9.84. The number of nitrogens with zero attached hydrogens (tertiary/aromatic N) is 4. The van der Waals surface area contributed by atoms with E-state index in [0.29, 0.717) is 46.2 Å². The van der Waals surface area contributed by atoms with Crippen molar-refractivity contribution in [3.63, 3.8) is 0 Å². The minimum absolute atomic E-state index is 0.0316. The number of ether oxygens (including phenoxy) is 2. The lowest BCUT2D eigenvalue weighted by molar-refractivity contribution is -0.138. The van der Waals surface area contributed by atoms with Gasteiger partial charge in [-0.05, 0) is 74.8 Å². The molecule has 9 nitrogen and oxygen atoms in total. The fourth-order valence-corrected chi connectivity index (χ4v) is 4.62. The number of benzene rings is 1. The number of aromatic nitrogens is 5. The Hall–Kier alpha value is -4.34. The fourth-order valence-electron chi connectivity index (χ4n) is 4.62. The van der Waals surface area contributed by atoms with E-state index < -0.39 is 11.8 Å². The van der Waals surface area contributed by atoms with Gasteiger partial charge >= 0.3 is 12.0 Å². The molecule has 39 heavy (non-hydrogen) atoms. The third-order valence-corrected chi connectivity index (χ3v) is 6.98. The molecule has 0 aliphatic heterocycles. The summed E-state index contributed by atoms with van der Waals surface area (Å²) in [4.78, 5) is 31.5. The van der Waals surface area contributed by atoms with Crippen LogP contribution in [0.4, 0.5) is 4.39 Å². The van der Waals surface area contributed by atoms with Crippen LogP contribution in [-0.4, -0.2) is 48.7 Å². The molecule has 1 aliphatic carbocycles. The molecule has 1 aliphatic rings. The predicted octanol–water partition coefficient (Wildman–Crippen LogP) is 5.98. The molecule has 5 rings (SSSR count). The van der Waals surface area contributed by atoms with Crippen LogP contribution in [0.25, 0.3) is 33.7 Å². The Bertz CT molecular complexity index is 1490. The summed E-state index contributed by atoms with van der Waals surface area (Å²) >= 11 is 0. The van der Waals surface area contributed by atoms with Gasteiger partial charge in [0.25, 0.3) is 0 Å². The topological polar surface area (TPSA) is 123 Å². The van der Waals surface area contributed by atoms with Gasteiger partial charge in [0.1, 0.15) is 24.4 Å². The number of halogens is 1. The van der Waals surface area contributed by atoms with Gasteiger partial charge in [0.05, 0.1) is 11.1 Å². The molecule has 1 aromatic carbocycles. The van der Waals surface area contributed by atoms with Crippen LogP contribution in [0.15, 0.2) is 54.4 Å². The minimum atomic E-state index is -0.757. The average molecular weight is 532 g/mol. The van der Waals surface area contributed by atoms with Crippen LogP contribution in [-0.2, 0) is 4.79 Å². The van der Waals surface area contributed by atoms with E-state index in [1.165, 1.54) is 6.07 Å². The second kappa shape index (κ2) is 11.6. The molecule has 1 fully saturated rings. The fraction of sp³-hybridized carbons (Fsp3) is 0.345. The maximum Gasteiger partial charge on any atom is 0.316 e. The quantitative estimate of drug-likeness (QED) is 0.253. The highest BCUT2D eigenvalue weighted by atomic mass is 19.1. The number of fused-ring (bicyclic) bond motifs is 1. The Kier molecular flexibility index (Phi) is 7.81. The summed E-state index contributed by atoms with van der Waals surface area (Å²) in [6, 6.07) is 8.70. The Morgan fingerprint density at radius 2 is 1.87 bits per heavy atom. The van der Waals surface area contributed by atoms with Gasteiger partial charge in [-0.25, -0.2) is 19.3 Å². The van der Waals surface area contributed by atoms with Crippen molar-refractivity contribution in [1.82, 2.24) is 24.9 Å². The van der Waals surface area contributed by atoms with Gasteiger partial charge in [-0.2, -0.15) is 4.98 Å². The predicted molar refractivity (Wildman–Crippen MR) is 144 cm³/mol. The molecule has 0 spiro atoms. The molecule has 0 amide bonds. The van der Waals surface area contributed by atoms with Crippen molar-refractivity contribution in [2.45, 2.75) is 52.1 Å². The monoisotopic (exact) mass is 531 g/mol. The molecule has 3 aromatic heterocycles. The third-order valence-electron chi connectivity index (χ3n) is 6.98. The van der Waals surface area contributed by atoms with Crippen molar-refractivity contribution in [2.24, 2.45) is 5.92 Å². The molecule has 1 saturated carbocycles. The summed E-state index contributed by atoms with van der Waals surface area (Å²) in [7, 11) is 0. The maximum atomic E-state index is 15.2. The van der Waals surface area contributed by atoms with Crippen LogP contribution in [0.1, 0.15) is 46.0 Å². The largest absolute Gasteiger partial charge is 0.481 e. The van der Waals surface area contributed by atoms with Crippen LogP contribution in [0, 0.1) is 11.7 Å². The van der Waals surface area contributed by atoms with Gasteiger partial charge in [0.15, 0.2) is 5.65 Å². The van der Waals surface area contributed by atoms with E-state index in [4.69, 9.17) is 14.6 Å². The van der Waals surface area contributed by atoms with Gasteiger partial charge in [0, 0.05) is 30.4 Å². The molecule has 3 heterocycles. The van der Waals surface area contributed by atoms with Crippen molar-refractivity contribution >= 4 is 17.1 Å². The Morgan fingerprint density at radius 1 is 1.10 bits per heavy atom. The van der Waals surface area contributed by atoms with E-state index in [9.17, 15) is 4.79 Å². The summed E-state index contributed by atoms with van der Waals surface area (Å²) in [5.74, 6) is -0.168. The summed E-state index contributed by atoms with van der Waals surface area (Å²) in [5.41, 5.74) is 3.82. The van der Waals surface area contributed by atoms with Crippen molar-refractivity contribution in [1.29, 1.82) is 0 Å². The molecular formula is C29H30FN5O4. The van der Waals surface area contributed by atoms with E-state index in [1.54, 1.807) is 30.6 Å². The lowest BCUT2D eigenvalue weighted by Gasteiger charge is -2.27. The first-order valence-electron chi connectivity index (χ1n) is 13.0. The lowest BCUT2D eigenvalue weighted by atomic mass is 9.85. The number of H-pyrrole nitrogens is 1. The lowest BCUT2D eigenvalue weighted by Crippen LogP contribution is -2.25. The van der Waals surface area contributed by atoms with Gasteiger partial charge in [0.2, 0.25) is 5.88 Å². The van der Waals surface area contributed by atoms with E-state index >= 15 is 4.39 Å². The number of aromatic amines is 1. The summed E-state index contributed by atoms with van der Waals surface area (Å²) < 4.78 is 26.7. The number of nitrogens with one attached hydrogen (secondary N) is 1. The molecule has 202 valence electrons.